The van der Waals surface area contributed by atoms with Crippen LogP contribution in [0.2, 0.25) is 0 Å². The van der Waals surface area contributed by atoms with Crippen LogP contribution in [0.4, 0.5) is 0 Å². The lowest BCUT2D eigenvalue weighted by atomic mass is 9.84. The maximum atomic E-state index is 12.7. The molecule has 2 fully saturated rings. The number of nitrogens with one attached hydrogen (secondary N) is 2. The summed E-state index contributed by atoms with van der Waals surface area (Å²) < 4.78 is 9.68. The number of methoxy groups -OCH3 is 2. The fraction of sp³-hybridized carbons (Fsp3) is 0.840. The molecular formula is C25H44N4O6. The van der Waals surface area contributed by atoms with E-state index in [1.165, 1.54) is 14.2 Å². The van der Waals surface area contributed by atoms with Crippen molar-refractivity contribution in [2.75, 3.05) is 53.5 Å². The highest BCUT2D eigenvalue weighted by atomic mass is 16.5. The normalized spacial score (nSPS) is 22.4. The van der Waals surface area contributed by atoms with Crippen molar-refractivity contribution in [1.29, 1.82) is 0 Å². The molecule has 0 aromatic heterocycles. The number of carbonyl (C=O) groups is 4. The third-order valence-corrected chi connectivity index (χ3v) is 6.52. The Morgan fingerprint density at radius 3 is 1.34 bits per heavy atom. The minimum atomic E-state index is -0.629. The number of fused-ring (bicyclic) bond motifs is 2. The number of likely N-dealkylation sites (tertiary alicyclic amines) is 2. The van der Waals surface area contributed by atoms with Gasteiger partial charge in [0.1, 0.15) is 12.1 Å². The molecule has 35 heavy (non-hydrogen) atoms. The van der Waals surface area contributed by atoms with E-state index in [9.17, 15) is 19.2 Å². The second kappa shape index (κ2) is 13.8. The summed E-state index contributed by atoms with van der Waals surface area (Å²) in [7, 11) is 2.67. The molecule has 2 amide bonds. The molecule has 0 spiro atoms. The van der Waals surface area contributed by atoms with E-state index in [0.29, 0.717) is 24.7 Å². The number of carbonyl (C=O) groups excluding carboxylic acids is 4. The third-order valence-electron chi connectivity index (χ3n) is 6.52. The van der Waals surface area contributed by atoms with Gasteiger partial charge in [-0.1, -0.05) is 27.7 Å². The Morgan fingerprint density at radius 1 is 0.714 bits per heavy atom. The number of rotatable bonds is 12. The first kappa shape index (κ1) is 29.0. The highest BCUT2D eigenvalue weighted by Crippen LogP contribution is 2.28. The fourth-order valence-electron chi connectivity index (χ4n) is 5.29. The maximum absolute atomic E-state index is 12.7. The summed E-state index contributed by atoms with van der Waals surface area (Å²) in [4.78, 5) is 53.6. The topological polar surface area (TPSA) is 117 Å². The average molecular weight is 497 g/mol. The van der Waals surface area contributed by atoms with Crippen molar-refractivity contribution >= 4 is 23.8 Å². The molecule has 10 heteroatoms. The number of hydrogen-bond acceptors (Lipinski definition) is 8. The van der Waals surface area contributed by atoms with E-state index >= 15 is 0 Å². The Labute approximate surface area is 209 Å². The Kier molecular flexibility index (Phi) is 11.4. The van der Waals surface area contributed by atoms with E-state index in [1.807, 2.05) is 27.7 Å². The van der Waals surface area contributed by atoms with Gasteiger partial charge in [-0.3, -0.25) is 19.4 Å². The predicted octanol–water partition coefficient (Wildman–Crippen LogP) is 0.648. The second-order valence-electron chi connectivity index (χ2n) is 10.9. The monoisotopic (exact) mass is 496 g/mol. The number of nitrogens with zero attached hydrogens (tertiary/aromatic N) is 2. The number of amides is 2. The first-order chi connectivity index (χ1) is 16.5. The maximum Gasteiger partial charge on any atom is 0.328 e. The lowest BCUT2D eigenvalue weighted by Gasteiger charge is -2.45. The third kappa shape index (κ3) is 9.76. The Bertz CT molecular complexity index is 671. The van der Waals surface area contributed by atoms with E-state index in [4.69, 9.17) is 9.47 Å². The van der Waals surface area contributed by atoms with Gasteiger partial charge < -0.3 is 20.1 Å². The highest BCUT2D eigenvalue weighted by Gasteiger charge is 2.36. The van der Waals surface area contributed by atoms with Crippen molar-refractivity contribution in [2.45, 2.75) is 59.0 Å². The molecular weight excluding hydrogens is 452 g/mol. The molecule has 0 saturated carbocycles. The summed E-state index contributed by atoms with van der Waals surface area (Å²) in [6.45, 7) is 11.6. The number of hydrogen-bond donors (Lipinski definition) is 2. The van der Waals surface area contributed by atoms with Gasteiger partial charge in [0.15, 0.2) is 0 Å². The molecule has 0 unspecified atom stereocenters. The molecule has 2 aliphatic rings. The SMILES string of the molecule is COC(=O)[C@H](CC(C)C)NC(=O)CN1CC2CC(C1)CN(CC(=O)N[C@@H](CC(C)C)C(=O)OC)C2. The van der Waals surface area contributed by atoms with Crippen molar-refractivity contribution in [3.05, 3.63) is 0 Å². The van der Waals surface area contributed by atoms with E-state index in [0.717, 1.165) is 32.6 Å². The van der Waals surface area contributed by atoms with Crippen LogP contribution in [0.25, 0.3) is 0 Å². The van der Waals surface area contributed by atoms with Gasteiger partial charge in [-0.25, -0.2) is 9.59 Å². The molecule has 0 aliphatic carbocycles. The van der Waals surface area contributed by atoms with Crippen LogP contribution in [-0.4, -0.2) is 99.1 Å². The molecule has 2 heterocycles. The standard InChI is InChI=1S/C25H44N4O6/c1-16(2)7-20(24(32)34-5)26-22(30)14-28-10-18-9-19(11-28)13-29(12-18)15-23(31)27-21(8-17(3)4)25(33)35-6/h16-21H,7-15H2,1-6H3,(H,26,30)(H,27,31)/t18?,19?,20-,21-/m0/s1. The zero-order chi connectivity index (χ0) is 26.1. The van der Waals surface area contributed by atoms with E-state index in [-0.39, 0.29) is 36.7 Å². The van der Waals surface area contributed by atoms with Crippen molar-refractivity contribution in [2.24, 2.45) is 23.7 Å². The van der Waals surface area contributed by atoms with E-state index < -0.39 is 24.0 Å². The zero-order valence-electron chi connectivity index (χ0n) is 22.2. The second-order valence-corrected chi connectivity index (χ2v) is 10.9. The van der Waals surface area contributed by atoms with E-state index in [2.05, 4.69) is 20.4 Å². The Balaban J connectivity index is 1.84. The molecule has 200 valence electrons. The molecule has 0 aromatic carbocycles. The molecule has 10 nitrogen and oxygen atoms in total. The summed E-state index contributed by atoms with van der Waals surface area (Å²) in [5.74, 6) is 0.0611. The summed E-state index contributed by atoms with van der Waals surface area (Å²) in [5.41, 5.74) is 0. The lowest BCUT2D eigenvalue weighted by molar-refractivity contribution is -0.146. The van der Waals surface area contributed by atoms with Gasteiger partial charge in [-0.15, -0.1) is 0 Å². The van der Waals surface area contributed by atoms with Gasteiger partial charge in [0.25, 0.3) is 0 Å². The van der Waals surface area contributed by atoms with Gasteiger partial charge in [-0.05, 0) is 42.9 Å². The molecule has 2 atom stereocenters. The van der Waals surface area contributed by atoms with Crippen molar-refractivity contribution in [3.8, 4) is 0 Å². The van der Waals surface area contributed by atoms with Gasteiger partial charge in [-0.2, -0.15) is 0 Å². The van der Waals surface area contributed by atoms with Crippen molar-refractivity contribution in [1.82, 2.24) is 20.4 Å². The van der Waals surface area contributed by atoms with Crippen LogP contribution in [0.1, 0.15) is 47.0 Å². The highest BCUT2D eigenvalue weighted by molar-refractivity contribution is 5.86. The molecule has 0 aromatic rings. The molecule has 0 radical (unpaired) electrons. The summed E-state index contributed by atoms with van der Waals surface area (Å²) in [6.07, 6.45) is 2.15. The molecule has 2 N–H and O–H groups in total. The van der Waals surface area contributed by atoms with Crippen LogP contribution in [0, 0.1) is 23.7 Å². The summed E-state index contributed by atoms with van der Waals surface area (Å²) in [6, 6.07) is -1.26. The van der Waals surface area contributed by atoms with Crippen LogP contribution in [0.15, 0.2) is 0 Å². The molecule has 2 rings (SSSR count). The van der Waals surface area contributed by atoms with E-state index in [1.54, 1.807) is 0 Å². The van der Waals surface area contributed by atoms with Crippen molar-refractivity contribution < 1.29 is 28.7 Å². The Hall–Kier alpha value is -2.20. The quantitative estimate of drug-likeness (QED) is 0.378. The lowest BCUT2D eigenvalue weighted by Crippen LogP contribution is -2.56. The first-order valence-electron chi connectivity index (χ1n) is 12.7. The van der Waals surface area contributed by atoms with Gasteiger partial charge >= 0.3 is 11.9 Å². The van der Waals surface area contributed by atoms with Crippen LogP contribution in [-0.2, 0) is 28.7 Å². The summed E-state index contributed by atoms with van der Waals surface area (Å²) >= 11 is 0. The number of ether oxygens (including phenoxy) is 2. The minimum Gasteiger partial charge on any atom is -0.467 e. The van der Waals surface area contributed by atoms with Gasteiger partial charge in [0, 0.05) is 26.2 Å². The number of piperidine rings is 2. The van der Waals surface area contributed by atoms with Crippen LogP contribution in [0.3, 0.4) is 0 Å². The molecule has 2 aliphatic heterocycles. The van der Waals surface area contributed by atoms with Crippen LogP contribution >= 0.6 is 0 Å². The average Bonchev–Trinajstić information content (AvgIpc) is 2.75. The predicted molar refractivity (Wildman–Crippen MR) is 131 cm³/mol. The molecule has 2 bridgehead atoms. The van der Waals surface area contributed by atoms with Gasteiger partial charge in [0.05, 0.1) is 27.3 Å². The van der Waals surface area contributed by atoms with Gasteiger partial charge in [0.2, 0.25) is 11.8 Å². The smallest absolute Gasteiger partial charge is 0.328 e. The van der Waals surface area contributed by atoms with Crippen molar-refractivity contribution in [3.63, 3.8) is 0 Å². The zero-order valence-corrected chi connectivity index (χ0v) is 22.2. The first-order valence-corrected chi connectivity index (χ1v) is 12.7. The van der Waals surface area contributed by atoms with Crippen LogP contribution in [0.5, 0.6) is 0 Å². The largest absolute Gasteiger partial charge is 0.467 e. The van der Waals surface area contributed by atoms with Crippen LogP contribution < -0.4 is 10.6 Å². The fourth-order valence-corrected chi connectivity index (χ4v) is 5.29. The summed E-state index contributed by atoms with van der Waals surface area (Å²) in [5, 5.41) is 5.67. The number of esters is 2. The Morgan fingerprint density at radius 2 is 1.06 bits per heavy atom. The minimum absolute atomic E-state index is 0.170. The molecule has 2 saturated heterocycles.